The Bertz CT molecular complexity index is 400. The number of likely N-dealkylation sites (tertiary alicyclic amines) is 1. The molecule has 0 spiro atoms. The summed E-state index contributed by atoms with van der Waals surface area (Å²) in [5.41, 5.74) is 0. The summed E-state index contributed by atoms with van der Waals surface area (Å²) in [4.78, 5) is 25.9. The second-order valence-corrected chi connectivity index (χ2v) is 7.67. The van der Waals surface area contributed by atoms with E-state index in [2.05, 4.69) is 13.8 Å². The molecule has 1 aliphatic heterocycles. The number of ether oxygens (including phenoxy) is 2. The summed E-state index contributed by atoms with van der Waals surface area (Å²) in [5.74, 6) is -0.268. The normalized spacial score (nSPS) is 16.5. The van der Waals surface area contributed by atoms with Gasteiger partial charge in [-0.05, 0) is 25.7 Å². The van der Waals surface area contributed by atoms with E-state index in [0.29, 0.717) is 26.2 Å². The van der Waals surface area contributed by atoms with Gasteiger partial charge in [-0.2, -0.15) is 0 Å². The fourth-order valence-corrected chi connectivity index (χ4v) is 3.48. The van der Waals surface area contributed by atoms with Crippen LogP contribution in [-0.2, 0) is 14.3 Å². The average Bonchev–Trinajstić information content (AvgIpc) is 3.16. The molecule has 5 nitrogen and oxygen atoms in total. The smallest absolute Gasteiger partial charge is 0.410 e. The van der Waals surface area contributed by atoms with Crippen LogP contribution in [0.25, 0.3) is 0 Å². The molecular weight excluding hydrogens is 342 g/mol. The van der Waals surface area contributed by atoms with Gasteiger partial charge in [0, 0.05) is 6.54 Å². The molecule has 1 saturated heterocycles. The van der Waals surface area contributed by atoms with Crippen molar-refractivity contribution in [1.29, 1.82) is 0 Å². The van der Waals surface area contributed by atoms with Crippen molar-refractivity contribution >= 4 is 12.1 Å². The molecule has 5 heteroatoms. The first-order valence-corrected chi connectivity index (χ1v) is 11.3. The van der Waals surface area contributed by atoms with Crippen LogP contribution in [0.4, 0.5) is 4.79 Å². The third-order valence-corrected chi connectivity index (χ3v) is 5.23. The fourth-order valence-electron chi connectivity index (χ4n) is 3.48. The highest BCUT2D eigenvalue weighted by Crippen LogP contribution is 2.20. The molecule has 1 fully saturated rings. The molecule has 0 aromatic rings. The predicted octanol–water partition coefficient (Wildman–Crippen LogP) is 5.85. The van der Waals surface area contributed by atoms with Gasteiger partial charge < -0.3 is 9.47 Å². The molecule has 1 aliphatic rings. The molecule has 27 heavy (non-hydrogen) atoms. The summed E-state index contributed by atoms with van der Waals surface area (Å²) in [6.07, 6.45) is 15.6. The number of carbonyl (C=O) groups excluding carboxylic acids is 2. The zero-order chi connectivity index (χ0) is 19.7. The Kier molecular flexibility index (Phi) is 13.9. The van der Waals surface area contributed by atoms with Gasteiger partial charge in [0.1, 0.15) is 6.04 Å². The number of esters is 1. The lowest BCUT2D eigenvalue weighted by molar-refractivity contribution is -0.148. The molecule has 0 radical (unpaired) electrons. The molecule has 0 aromatic heterocycles. The minimum atomic E-state index is -0.456. The number of nitrogens with zero attached hydrogens (tertiary/aromatic N) is 1. The zero-order valence-corrected chi connectivity index (χ0v) is 17.7. The first kappa shape index (κ1) is 23.8. The standard InChI is InChI=1S/C22H41NO4/c1-3-5-7-8-9-10-11-12-13-14-19-26-21(24)20-16-15-17-23(20)22(25)27-18-6-4-2/h20H,3-19H2,1-2H3/t20-/m0/s1. The molecule has 0 aliphatic carbocycles. The molecular formula is C22H41NO4. The number of hydrogen-bond donors (Lipinski definition) is 0. The number of hydrogen-bond acceptors (Lipinski definition) is 4. The Labute approximate surface area is 166 Å². The lowest BCUT2D eigenvalue weighted by Crippen LogP contribution is -2.41. The van der Waals surface area contributed by atoms with Crippen LogP contribution in [0.2, 0.25) is 0 Å². The second kappa shape index (κ2) is 15.8. The average molecular weight is 384 g/mol. The first-order valence-electron chi connectivity index (χ1n) is 11.3. The quantitative estimate of drug-likeness (QED) is 0.263. The zero-order valence-electron chi connectivity index (χ0n) is 17.7. The Balaban J connectivity index is 2.06. The number of carbonyl (C=O) groups is 2. The van der Waals surface area contributed by atoms with Crippen molar-refractivity contribution in [3.05, 3.63) is 0 Å². The third kappa shape index (κ3) is 10.6. The van der Waals surface area contributed by atoms with E-state index in [0.717, 1.165) is 32.1 Å². The Morgan fingerprint density at radius 1 is 0.778 bits per heavy atom. The topological polar surface area (TPSA) is 55.8 Å². The lowest BCUT2D eigenvalue weighted by Gasteiger charge is -2.22. The number of amides is 1. The van der Waals surface area contributed by atoms with E-state index in [9.17, 15) is 9.59 Å². The van der Waals surface area contributed by atoms with Crippen molar-refractivity contribution in [2.75, 3.05) is 19.8 Å². The van der Waals surface area contributed by atoms with Crippen LogP contribution in [0.15, 0.2) is 0 Å². The van der Waals surface area contributed by atoms with E-state index in [1.807, 2.05) is 0 Å². The van der Waals surface area contributed by atoms with Crippen molar-refractivity contribution in [3.63, 3.8) is 0 Å². The van der Waals surface area contributed by atoms with Crippen molar-refractivity contribution in [2.45, 2.75) is 110 Å². The van der Waals surface area contributed by atoms with Gasteiger partial charge in [-0.3, -0.25) is 4.90 Å². The van der Waals surface area contributed by atoms with Gasteiger partial charge in [0.15, 0.2) is 0 Å². The Hall–Kier alpha value is -1.26. The summed E-state index contributed by atoms with van der Waals surface area (Å²) < 4.78 is 10.7. The van der Waals surface area contributed by atoms with Gasteiger partial charge >= 0.3 is 12.1 Å². The number of rotatable bonds is 15. The van der Waals surface area contributed by atoms with E-state index in [-0.39, 0.29) is 12.1 Å². The SMILES string of the molecule is CCCCCCCCCCCCOC(=O)[C@@H]1CCCN1C(=O)OCCCC. The monoisotopic (exact) mass is 383 g/mol. The van der Waals surface area contributed by atoms with E-state index in [1.165, 1.54) is 56.3 Å². The highest BCUT2D eigenvalue weighted by atomic mass is 16.6. The molecule has 0 N–H and O–H groups in total. The van der Waals surface area contributed by atoms with Crippen LogP contribution in [0.5, 0.6) is 0 Å². The van der Waals surface area contributed by atoms with Crippen molar-refractivity contribution in [3.8, 4) is 0 Å². The van der Waals surface area contributed by atoms with Gasteiger partial charge in [-0.25, -0.2) is 9.59 Å². The van der Waals surface area contributed by atoms with Crippen LogP contribution < -0.4 is 0 Å². The molecule has 158 valence electrons. The third-order valence-electron chi connectivity index (χ3n) is 5.23. The predicted molar refractivity (Wildman–Crippen MR) is 109 cm³/mol. The Morgan fingerprint density at radius 2 is 1.33 bits per heavy atom. The minimum absolute atomic E-state index is 0.268. The molecule has 1 heterocycles. The maximum Gasteiger partial charge on any atom is 0.410 e. The summed E-state index contributed by atoms with van der Waals surface area (Å²) in [6.45, 7) is 5.77. The lowest BCUT2D eigenvalue weighted by atomic mass is 10.1. The maximum absolute atomic E-state index is 12.3. The molecule has 0 bridgehead atoms. The van der Waals surface area contributed by atoms with E-state index < -0.39 is 6.04 Å². The van der Waals surface area contributed by atoms with Crippen molar-refractivity contribution in [2.24, 2.45) is 0 Å². The van der Waals surface area contributed by atoms with Gasteiger partial charge in [0.05, 0.1) is 13.2 Å². The molecule has 1 rings (SSSR count). The minimum Gasteiger partial charge on any atom is -0.464 e. The number of unbranched alkanes of at least 4 members (excludes halogenated alkanes) is 10. The van der Waals surface area contributed by atoms with Crippen LogP contribution in [0.1, 0.15) is 104 Å². The van der Waals surface area contributed by atoms with E-state index in [4.69, 9.17) is 9.47 Å². The van der Waals surface area contributed by atoms with Gasteiger partial charge in [-0.1, -0.05) is 78.1 Å². The van der Waals surface area contributed by atoms with Crippen LogP contribution in [-0.4, -0.2) is 42.8 Å². The van der Waals surface area contributed by atoms with Crippen molar-refractivity contribution in [1.82, 2.24) is 4.90 Å². The van der Waals surface area contributed by atoms with Gasteiger partial charge in [-0.15, -0.1) is 0 Å². The summed E-state index contributed by atoms with van der Waals surface area (Å²) in [7, 11) is 0. The second-order valence-electron chi connectivity index (χ2n) is 7.67. The highest BCUT2D eigenvalue weighted by molar-refractivity contribution is 5.82. The molecule has 0 aromatic carbocycles. The molecule has 1 atom stereocenters. The van der Waals surface area contributed by atoms with Gasteiger partial charge in [0.25, 0.3) is 0 Å². The summed E-state index contributed by atoms with van der Waals surface area (Å²) in [6, 6.07) is -0.456. The van der Waals surface area contributed by atoms with E-state index >= 15 is 0 Å². The Morgan fingerprint density at radius 3 is 1.96 bits per heavy atom. The molecule has 0 unspecified atom stereocenters. The summed E-state index contributed by atoms with van der Waals surface area (Å²) in [5, 5.41) is 0. The van der Waals surface area contributed by atoms with E-state index in [1.54, 1.807) is 0 Å². The largest absolute Gasteiger partial charge is 0.464 e. The molecule has 0 saturated carbocycles. The maximum atomic E-state index is 12.3. The van der Waals surface area contributed by atoms with Crippen molar-refractivity contribution < 1.29 is 19.1 Å². The summed E-state index contributed by atoms with van der Waals surface area (Å²) >= 11 is 0. The first-order chi connectivity index (χ1) is 13.2. The van der Waals surface area contributed by atoms with Crippen LogP contribution in [0.3, 0.4) is 0 Å². The van der Waals surface area contributed by atoms with Gasteiger partial charge in [0.2, 0.25) is 0 Å². The van der Waals surface area contributed by atoms with Crippen LogP contribution in [0, 0.1) is 0 Å². The van der Waals surface area contributed by atoms with Crippen LogP contribution >= 0.6 is 0 Å². The fraction of sp³-hybridized carbons (Fsp3) is 0.909. The highest BCUT2D eigenvalue weighted by Gasteiger charge is 2.36. The molecule has 1 amide bonds.